The van der Waals surface area contributed by atoms with Crippen LogP contribution in [0.2, 0.25) is 0 Å². The predicted octanol–water partition coefficient (Wildman–Crippen LogP) is 4.22. The minimum Gasteiger partial charge on any atom is -0.354 e. The molecule has 2 aromatic rings. The minimum absolute atomic E-state index is 0.146. The van der Waals surface area contributed by atoms with Gasteiger partial charge in [0.25, 0.3) is 5.91 Å². The van der Waals surface area contributed by atoms with Crippen LogP contribution >= 0.6 is 27.7 Å². The molecule has 2 aromatic carbocycles. The molecule has 144 valence electrons. The Kier molecular flexibility index (Phi) is 8.88. The maximum atomic E-state index is 12.7. The van der Waals surface area contributed by atoms with Crippen LogP contribution in [0.15, 0.2) is 59.1 Å². The van der Waals surface area contributed by atoms with E-state index in [4.69, 9.17) is 0 Å². The van der Waals surface area contributed by atoms with Crippen molar-refractivity contribution in [3.05, 3.63) is 70.2 Å². The summed E-state index contributed by atoms with van der Waals surface area (Å²) in [5.74, 6) is 0.602. The average molecular weight is 449 g/mol. The van der Waals surface area contributed by atoms with Gasteiger partial charge >= 0.3 is 0 Å². The van der Waals surface area contributed by atoms with Gasteiger partial charge in [-0.2, -0.15) is 11.8 Å². The summed E-state index contributed by atoms with van der Waals surface area (Å²) < 4.78 is 0.712. The van der Waals surface area contributed by atoms with Gasteiger partial charge < -0.3 is 10.6 Å². The Labute approximate surface area is 173 Å². The Balaban J connectivity index is 1.98. The van der Waals surface area contributed by atoms with Gasteiger partial charge in [-0.05, 0) is 58.0 Å². The predicted molar refractivity (Wildman–Crippen MR) is 116 cm³/mol. The molecule has 0 aliphatic carbocycles. The monoisotopic (exact) mass is 448 g/mol. The molecule has 0 saturated carbocycles. The van der Waals surface area contributed by atoms with Crippen molar-refractivity contribution in [3.8, 4) is 0 Å². The van der Waals surface area contributed by atoms with Crippen LogP contribution in [0.5, 0.6) is 0 Å². The SMILES string of the molecule is CSCCC(NC(=O)c1ccccc1Br)C(=O)NCC(C)c1ccccc1. The number of nitrogens with one attached hydrogen (secondary N) is 2. The highest BCUT2D eigenvalue weighted by atomic mass is 79.9. The van der Waals surface area contributed by atoms with E-state index in [0.717, 1.165) is 5.75 Å². The van der Waals surface area contributed by atoms with Gasteiger partial charge in [0, 0.05) is 11.0 Å². The Morgan fingerprint density at radius 2 is 1.74 bits per heavy atom. The Morgan fingerprint density at radius 1 is 1.07 bits per heavy atom. The molecule has 0 radical (unpaired) electrons. The van der Waals surface area contributed by atoms with Gasteiger partial charge in [0.05, 0.1) is 5.56 Å². The lowest BCUT2D eigenvalue weighted by Crippen LogP contribution is -2.47. The Hall–Kier alpha value is -1.79. The summed E-state index contributed by atoms with van der Waals surface area (Å²) in [5, 5.41) is 5.86. The van der Waals surface area contributed by atoms with Crippen molar-refractivity contribution in [2.75, 3.05) is 18.6 Å². The summed E-state index contributed by atoms with van der Waals surface area (Å²) in [6.07, 6.45) is 2.57. The van der Waals surface area contributed by atoms with E-state index < -0.39 is 6.04 Å². The molecular weight excluding hydrogens is 424 g/mol. The van der Waals surface area contributed by atoms with Crippen LogP contribution < -0.4 is 10.6 Å². The number of rotatable bonds is 9. The van der Waals surface area contributed by atoms with Crippen LogP contribution in [-0.4, -0.2) is 36.4 Å². The summed E-state index contributed by atoms with van der Waals surface area (Å²) >= 11 is 5.04. The van der Waals surface area contributed by atoms with Crippen molar-refractivity contribution in [1.82, 2.24) is 10.6 Å². The molecule has 0 spiro atoms. The highest BCUT2D eigenvalue weighted by Gasteiger charge is 2.22. The van der Waals surface area contributed by atoms with E-state index in [9.17, 15) is 9.59 Å². The van der Waals surface area contributed by atoms with Crippen LogP contribution in [0.25, 0.3) is 0 Å². The van der Waals surface area contributed by atoms with Gasteiger partial charge in [0.15, 0.2) is 0 Å². The standard InChI is InChI=1S/C21H25BrN2O2S/c1-15(16-8-4-3-5-9-16)14-23-21(26)19(12-13-27-2)24-20(25)17-10-6-7-11-18(17)22/h3-11,15,19H,12-14H2,1-2H3,(H,23,26)(H,24,25). The molecule has 2 N–H and O–H groups in total. The second kappa shape index (κ2) is 11.1. The van der Waals surface area contributed by atoms with Crippen molar-refractivity contribution in [2.45, 2.75) is 25.3 Å². The third kappa shape index (κ3) is 6.70. The van der Waals surface area contributed by atoms with Gasteiger partial charge in [-0.1, -0.05) is 49.4 Å². The number of hydrogen-bond donors (Lipinski definition) is 2. The average Bonchev–Trinajstić information content (AvgIpc) is 2.69. The number of halogens is 1. The normalized spacial score (nSPS) is 12.9. The molecule has 0 saturated heterocycles. The van der Waals surface area contributed by atoms with Gasteiger partial charge in [-0.15, -0.1) is 0 Å². The number of hydrogen-bond acceptors (Lipinski definition) is 3. The molecule has 4 nitrogen and oxygen atoms in total. The molecule has 2 unspecified atom stereocenters. The first-order valence-electron chi connectivity index (χ1n) is 8.90. The lowest BCUT2D eigenvalue weighted by Gasteiger charge is -2.20. The smallest absolute Gasteiger partial charge is 0.253 e. The number of benzene rings is 2. The molecule has 0 aromatic heterocycles. The molecule has 0 aliphatic rings. The second-order valence-corrected chi connectivity index (χ2v) is 8.18. The lowest BCUT2D eigenvalue weighted by atomic mass is 10.0. The summed E-state index contributed by atoms with van der Waals surface area (Å²) in [6.45, 7) is 2.61. The third-order valence-corrected chi connectivity index (χ3v) is 5.64. The molecule has 0 fully saturated rings. The highest BCUT2D eigenvalue weighted by molar-refractivity contribution is 9.10. The van der Waals surface area contributed by atoms with Crippen LogP contribution in [0.4, 0.5) is 0 Å². The Morgan fingerprint density at radius 3 is 2.41 bits per heavy atom. The van der Waals surface area contributed by atoms with E-state index in [1.54, 1.807) is 23.9 Å². The fourth-order valence-electron chi connectivity index (χ4n) is 2.66. The number of carbonyl (C=O) groups is 2. The van der Waals surface area contributed by atoms with Crippen LogP contribution in [0.1, 0.15) is 35.2 Å². The first-order chi connectivity index (χ1) is 13.0. The zero-order valence-corrected chi connectivity index (χ0v) is 18.0. The number of carbonyl (C=O) groups excluding carboxylic acids is 2. The van der Waals surface area contributed by atoms with Crippen molar-refractivity contribution >= 4 is 39.5 Å². The molecule has 2 amide bonds. The third-order valence-electron chi connectivity index (χ3n) is 4.30. The fraction of sp³-hybridized carbons (Fsp3) is 0.333. The zero-order chi connectivity index (χ0) is 19.6. The van der Waals surface area contributed by atoms with Gasteiger partial charge in [-0.3, -0.25) is 9.59 Å². The van der Waals surface area contributed by atoms with E-state index in [-0.39, 0.29) is 17.7 Å². The van der Waals surface area contributed by atoms with Gasteiger partial charge in [0.2, 0.25) is 5.91 Å². The number of amides is 2. The zero-order valence-electron chi connectivity index (χ0n) is 15.6. The van der Waals surface area contributed by atoms with E-state index in [1.165, 1.54) is 5.56 Å². The lowest BCUT2D eigenvalue weighted by molar-refractivity contribution is -0.123. The first-order valence-corrected chi connectivity index (χ1v) is 11.1. The summed E-state index contributed by atoms with van der Waals surface area (Å²) in [4.78, 5) is 25.3. The van der Waals surface area contributed by atoms with Crippen LogP contribution in [-0.2, 0) is 4.79 Å². The topological polar surface area (TPSA) is 58.2 Å². The summed E-state index contributed by atoms with van der Waals surface area (Å²) in [6, 6.07) is 16.7. The molecule has 27 heavy (non-hydrogen) atoms. The summed E-state index contributed by atoms with van der Waals surface area (Å²) in [7, 11) is 0. The van der Waals surface area contributed by atoms with E-state index in [0.29, 0.717) is 23.0 Å². The minimum atomic E-state index is -0.556. The van der Waals surface area contributed by atoms with Gasteiger partial charge in [-0.25, -0.2) is 0 Å². The van der Waals surface area contributed by atoms with E-state index in [1.807, 2.05) is 36.6 Å². The molecular formula is C21H25BrN2O2S. The second-order valence-electron chi connectivity index (χ2n) is 6.34. The van der Waals surface area contributed by atoms with Crippen molar-refractivity contribution < 1.29 is 9.59 Å². The van der Waals surface area contributed by atoms with E-state index in [2.05, 4.69) is 45.6 Å². The Bertz CT molecular complexity index is 755. The summed E-state index contributed by atoms with van der Waals surface area (Å²) in [5.41, 5.74) is 1.70. The maximum Gasteiger partial charge on any atom is 0.253 e. The van der Waals surface area contributed by atoms with Crippen molar-refractivity contribution in [3.63, 3.8) is 0 Å². The largest absolute Gasteiger partial charge is 0.354 e. The molecule has 6 heteroatoms. The van der Waals surface area contributed by atoms with Crippen molar-refractivity contribution in [2.24, 2.45) is 0 Å². The molecule has 2 rings (SSSR count). The maximum absolute atomic E-state index is 12.7. The first kappa shape index (κ1) is 21.5. The number of thioether (sulfide) groups is 1. The molecule has 0 bridgehead atoms. The fourth-order valence-corrected chi connectivity index (χ4v) is 3.60. The van der Waals surface area contributed by atoms with Crippen LogP contribution in [0.3, 0.4) is 0 Å². The highest BCUT2D eigenvalue weighted by Crippen LogP contribution is 2.16. The molecule has 2 atom stereocenters. The van der Waals surface area contributed by atoms with Crippen LogP contribution in [0, 0.1) is 0 Å². The quantitative estimate of drug-likeness (QED) is 0.603. The molecule has 0 aliphatic heterocycles. The van der Waals surface area contributed by atoms with Crippen molar-refractivity contribution in [1.29, 1.82) is 0 Å². The van der Waals surface area contributed by atoms with E-state index >= 15 is 0 Å². The molecule has 0 heterocycles. The van der Waals surface area contributed by atoms with Gasteiger partial charge in [0.1, 0.15) is 6.04 Å².